The molecule has 1 aromatic rings. The summed E-state index contributed by atoms with van der Waals surface area (Å²) in [6.45, 7) is 9.12. The summed E-state index contributed by atoms with van der Waals surface area (Å²) >= 11 is 0. The number of nitrogens with one attached hydrogen (secondary N) is 1. The van der Waals surface area contributed by atoms with Gasteiger partial charge in [0.05, 0.1) is 5.69 Å². The van der Waals surface area contributed by atoms with Gasteiger partial charge in [0.15, 0.2) is 0 Å². The summed E-state index contributed by atoms with van der Waals surface area (Å²) in [4.78, 5) is 0. The van der Waals surface area contributed by atoms with Gasteiger partial charge in [-0.05, 0) is 24.8 Å². The lowest BCUT2D eigenvalue weighted by molar-refractivity contribution is 0.0968. The Labute approximate surface area is 98.2 Å². The quantitative estimate of drug-likeness (QED) is 0.840. The Kier molecular flexibility index (Phi) is 3.06. The smallest absolute Gasteiger partial charge is 0.0624 e. The standard InChI is InChI=1S/C13H23N3/c1-5-11-6-12(16(4)15-11)7-13(10(2)3)8-14-9-13/h6,10,14H,5,7-9H2,1-4H3. The van der Waals surface area contributed by atoms with Crippen LogP contribution in [0.15, 0.2) is 6.07 Å². The molecule has 3 nitrogen and oxygen atoms in total. The molecule has 0 unspecified atom stereocenters. The van der Waals surface area contributed by atoms with Gasteiger partial charge in [0.25, 0.3) is 0 Å². The second-order valence-electron chi connectivity index (χ2n) is 5.40. The molecule has 0 saturated carbocycles. The van der Waals surface area contributed by atoms with Crippen LogP contribution in [0.25, 0.3) is 0 Å². The normalized spacial score (nSPS) is 18.8. The largest absolute Gasteiger partial charge is 0.315 e. The molecule has 1 aliphatic heterocycles. The zero-order chi connectivity index (χ0) is 11.8. The van der Waals surface area contributed by atoms with Crippen LogP contribution in [0.1, 0.15) is 32.2 Å². The first-order valence-electron chi connectivity index (χ1n) is 6.30. The molecule has 2 rings (SSSR count). The molecule has 0 aliphatic carbocycles. The highest BCUT2D eigenvalue weighted by atomic mass is 15.3. The van der Waals surface area contributed by atoms with E-state index in [1.54, 1.807) is 0 Å². The van der Waals surface area contributed by atoms with Crippen molar-refractivity contribution < 1.29 is 0 Å². The minimum absolute atomic E-state index is 0.457. The summed E-state index contributed by atoms with van der Waals surface area (Å²) in [7, 11) is 2.06. The molecule has 1 fully saturated rings. The van der Waals surface area contributed by atoms with Crippen molar-refractivity contribution in [3.63, 3.8) is 0 Å². The first-order chi connectivity index (χ1) is 7.57. The van der Waals surface area contributed by atoms with Gasteiger partial charge in [-0.1, -0.05) is 20.8 Å². The molecule has 1 aromatic heterocycles. The zero-order valence-corrected chi connectivity index (χ0v) is 10.9. The molecule has 0 spiro atoms. The summed E-state index contributed by atoms with van der Waals surface area (Å²) < 4.78 is 2.06. The predicted molar refractivity (Wildman–Crippen MR) is 66.4 cm³/mol. The molecular weight excluding hydrogens is 198 g/mol. The maximum Gasteiger partial charge on any atom is 0.0624 e. The summed E-state index contributed by atoms with van der Waals surface area (Å²) in [5.41, 5.74) is 3.05. The van der Waals surface area contributed by atoms with Gasteiger partial charge in [0, 0.05) is 31.2 Å². The first-order valence-corrected chi connectivity index (χ1v) is 6.30. The summed E-state index contributed by atoms with van der Waals surface area (Å²) in [5.74, 6) is 0.730. The van der Waals surface area contributed by atoms with E-state index in [9.17, 15) is 0 Å². The molecule has 0 atom stereocenters. The lowest BCUT2D eigenvalue weighted by Gasteiger charge is -2.46. The molecule has 1 aliphatic rings. The van der Waals surface area contributed by atoms with Crippen LogP contribution in [0.4, 0.5) is 0 Å². The van der Waals surface area contributed by atoms with Gasteiger partial charge >= 0.3 is 0 Å². The van der Waals surface area contributed by atoms with Gasteiger partial charge in [0.1, 0.15) is 0 Å². The van der Waals surface area contributed by atoms with Gasteiger partial charge in [-0.15, -0.1) is 0 Å². The molecule has 1 N–H and O–H groups in total. The number of nitrogens with zero attached hydrogens (tertiary/aromatic N) is 2. The number of rotatable bonds is 4. The number of aromatic nitrogens is 2. The predicted octanol–water partition coefficient (Wildman–Crippen LogP) is 1.77. The van der Waals surface area contributed by atoms with Gasteiger partial charge in [-0.2, -0.15) is 5.10 Å². The maximum absolute atomic E-state index is 4.53. The average molecular weight is 221 g/mol. The van der Waals surface area contributed by atoms with E-state index < -0.39 is 0 Å². The van der Waals surface area contributed by atoms with E-state index in [-0.39, 0.29) is 0 Å². The van der Waals surface area contributed by atoms with Crippen LogP contribution in [0, 0.1) is 11.3 Å². The van der Waals surface area contributed by atoms with Crippen molar-refractivity contribution in [2.45, 2.75) is 33.6 Å². The topological polar surface area (TPSA) is 29.9 Å². The zero-order valence-electron chi connectivity index (χ0n) is 10.9. The Morgan fingerprint density at radius 2 is 2.19 bits per heavy atom. The third-order valence-electron chi connectivity index (χ3n) is 4.10. The average Bonchev–Trinajstić information content (AvgIpc) is 2.52. The number of aryl methyl sites for hydroxylation is 2. The van der Waals surface area contributed by atoms with Crippen LogP contribution < -0.4 is 5.32 Å². The Hall–Kier alpha value is -0.830. The van der Waals surface area contributed by atoms with E-state index in [0.717, 1.165) is 31.8 Å². The van der Waals surface area contributed by atoms with Crippen LogP contribution in [0.3, 0.4) is 0 Å². The first kappa shape index (κ1) is 11.6. The van der Waals surface area contributed by atoms with Gasteiger partial charge in [-0.3, -0.25) is 4.68 Å². The fourth-order valence-electron chi connectivity index (χ4n) is 2.45. The monoisotopic (exact) mass is 221 g/mol. The Bertz CT molecular complexity index is 361. The van der Waals surface area contributed by atoms with Crippen LogP contribution in [-0.4, -0.2) is 22.9 Å². The highest BCUT2D eigenvalue weighted by Crippen LogP contribution is 2.35. The molecule has 0 amide bonds. The SMILES string of the molecule is CCc1cc(CC2(C(C)C)CNC2)n(C)n1. The van der Waals surface area contributed by atoms with E-state index in [2.05, 4.69) is 49.0 Å². The van der Waals surface area contributed by atoms with Crippen molar-refractivity contribution in [3.05, 3.63) is 17.5 Å². The summed E-state index contributed by atoms with van der Waals surface area (Å²) in [5, 5.41) is 7.94. The molecule has 3 heteroatoms. The second kappa shape index (κ2) is 4.21. The van der Waals surface area contributed by atoms with E-state index in [1.807, 2.05) is 0 Å². The van der Waals surface area contributed by atoms with Gasteiger partial charge in [-0.25, -0.2) is 0 Å². The van der Waals surface area contributed by atoms with Crippen molar-refractivity contribution in [2.24, 2.45) is 18.4 Å². The highest BCUT2D eigenvalue weighted by Gasteiger charge is 2.40. The van der Waals surface area contributed by atoms with Crippen LogP contribution in [0.2, 0.25) is 0 Å². The second-order valence-corrected chi connectivity index (χ2v) is 5.40. The number of hydrogen-bond donors (Lipinski definition) is 1. The van der Waals surface area contributed by atoms with E-state index >= 15 is 0 Å². The van der Waals surface area contributed by atoms with Crippen molar-refractivity contribution in [2.75, 3.05) is 13.1 Å². The van der Waals surface area contributed by atoms with Crippen molar-refractivity contribution in [1.29, 1.82) is 0 Å². The summed E-state index contributed by atoms with van der Waals surface area (Å²) in [6, 6.07) is 2.27. The minimum atomic E-state index is 0.457. The molecular formula is C13H23N3. The van der Waals surface area contributed by atoms with E-state index in [1.165, 1.54) is 11.4 Å². The highest BCUT2D eigenvalue weighted by molar-refractivity contribution is 5.14. The summed E-state index contributed by atoms with van der Waals surface area (Å²) in [6.07, 6.45) is 2.18. The molecule has 2 heterocycles. The van der Waals surface area contributed by atoms with Crippen LogP contribution in [0.5, 0.6) is 0 Å². The third kappa shape index (κ3) is 1.88. The van der Waals surface area contributed by atoms with Gasteiger partial charge in [0.2, 0.25) is 0 Å². The lowest BCUT2D eigenvalue weighted by atomic mass is 9.69. The van der Waals surface area contributed by atoms with E-state index in [4.69, 9.17) is 0 Å². The van der Waals surface area contributed by atoms with E-state index in [0.29, 0.717) is 5.41 Å². The Balaban J connectivity index is 2.16. The van der Waals surface area contributed by atoms with Crippen LogP contribution in [-0.2, 0) is 19.9 Å². The Morgan fingerprint density at radius 3 is 2.56 bits per heavy atom. The molecule has 16 heavy (non-hydrogen) atoms. The fourth-order valence-corrected chi connectivity index (χ4v) is 2.45. The third-order valence-corrected chi connectivity index (χ3v) is 4.10. The Morgan fingerprint density at radius 1 is 1.50 bits per heavy atom. The fraction of sp³-hybridized carbons (Fsp3) is 0.769. The molecule has 1 saturated heterocycles. The lowest BCUT2D eigenvalue weighted by Crippen LogP contribution is -2.57. The van der Waals surface area contributed by atoms with Gasteiger partial charge < -0.3 is 5.32 Å². The molecule has 0 radical (unpaired) electrons. The minimum Gasteiger partial charge on any atom is -0.315 e. The molecule has 0 aromatic carbocycles. The molecule has 90 valence electrons. The maximum atomic E-state index is 4.53. The van der Waals surface area contributed by atoms with Crippen molar-refractivity contribution in [1.82, 2.24) is 15.1 Å². The van der Waals surface area contributed by atoms with Crippen molar-refractivity contribution >= 4 is 0 Å². The van der Waals surface area contributed by atoms with Crippen molar-refractivity contribution in [3.8, 4) is 0 Å². The van der Waals surface area contributed by atoms with Crippen LogP contribution >= 0.6 is 0 Å². The molecule has 0 bridgehead atoms. The number of hydrogen-bond acceptors (Lipinski definition) is 2.